The SMILES string of the molecule is COO[n+]1onc(C(=O)c2ccc(C(F)(F)F)cc2)c1C(=O)c1ccc(C(F)(F)F)cc1. The van der Waals surface area contributed by atoms with Crippen LogP contribution in [0.3, 0.4) is 0 Å². The Morgan fingerprint density at radius 3 is 1.66 bits per heavy atom. The molecular weight excluding hydrogens is 450 g/mol. The van der Waals surface area contributed by atoms with Crippen LogP contribution in [0.1, 0.15) is 43.2 Å². The number of rotatable bonds is 6. The zero-order valence-corrected chi connectivity index (χ0v) is 15.8. The van der Waals surface area contributed by atoms with E-state index in [0.29, 0.717) is 29.2 Å². The fraction of sp³-hybridized carbons (Fsp3) is 0.158. The summed E-state index contributed by atoms with van der Waals surface area (Å²) in [5, 5.41) is 3.40. The average Bonchev–Trinajstić information content (AvgIpc) is 3.15. The quantitative estimate of drug-likeness (QED) is 0.242. The third-order valence-electron chi connectivity index (χ3n) is 4.13. The molecule has 0 saturated carbocycles. The smallest absolute Gasteiger partial charge is 0.284 e. The second-order valence-corrected chi connectivity index (χ2v) is 6.18. The molecule has 0 unspecified atom stereocenters. The summed E-state index contributed by atoms with van der Waals surface area (Å²) < 4.78 is 81.1. The number of ketones is 2. The van der Waals surface area contributed by atoms with Crippen molar-refractivity contribution in [1.82, 2.24) is 5.16 Å². The molecule has 0 fully saturated rings. The van der Waals surface area contributed by atoms with Crippen LogP contribution in [0.25, 0.3) is 0 Å². The molecule has 3 aromatic rings. The lowest BCUT2D eigenvalue weighted by Crippen LogP contribution is -2.46. The molecule has 0 spiro atoms. The van der Waals surface area contributed by atoms with Gasteiger partial charge in [-0.3, -0.25) is 9.59 Å². The van der Waals surface area contributed by atoms with E-state index in [4.69, 9.17) is 4.63 Å². The van der Waals surface area contributed by atoms with Gasteiger partial charge in [-0.15, -0.1) is 9.88 Å². The zero-order chi connectivity index (χ0) is 23.7. The maximum Gasteiger partial charge on any atom is 0.416 e. The van der Waals surface area contributed by atoms with Gasteiger partial charge in [0.25, 0.3) is 0 Å². The first-order valence-electron chi connectivity index (χ1n) is 8.50. The van der Waals surface area contributed by atoms with Crippen LogP contribution < -0.4 is 9.89 Å². The standard InChI is InChI=1S/C19H11F6N2O5/c1-30-32-27-15(17(29)11-4-8-13(9-5-11)19(23,24)25)14(26-31-27)16(28)10-2-6-12(7-3-10)18(20,21)22/h2-9H,1H3/q+1. The first-order valence-corrected chi connectivity index (χ1v) is 8.50. The fourth-order valence-electron chi connectivity index (χ4n) is 2.60. The Kier molecular flexibility index (Phi) is 6.03. The molecule has 0 aliphatic heterocycles. The lowest BCUT2D eigenvalue weighted by Gasteiger charge is -2.06. The molecular formula is C19H11F6N2O5+. The van der Waals surface area contributed by atoms with Gasteiger partial charge in [0.1, 0.15) is 0 Å². The van der Waals surface area contributed by atoms with Gasteiger partial charge in [-0.25, -0.2) is 0 Å². The molecule has 32 heavy (non-hydrogen) atoms. The van der Waals surface area contributed by atoms with Gasteiger partial charge in [-0.2, -0.15) is 26.3 Å². The van der Waals surface area contributed by atoms with Gasteiger partial charge in [0, 0.05) is 11.1 Å². The Balaban J connectivity index is 2.00. The molecule has 1 heterocycles. The number of halogens is 6. The highest BCUT2D eigenvalue weighted by molar-refractivity contribution is 6.16. The van der Waals surface area contributed by atoms with Crippen molar-refractivity contribution in [1.29, 1.82) is 0 Å². The molecule has 0 N–H and O–H groups in total. The minimum Gasteiger partial charge on any atom is -0.284 e. The van der Waals surface area contributed by atoms with E-state index in [2.05, 4.69) is 15.0 Å². The highest BCUT2D eigenvalue weighted by atomic mass is 19.4. The molecule has 0 radical (unpaired) electrons. The monoisotopic (exact) mass is 461 g/mol. The first-order chi connectivity index (χ1) is 14.9. The minimum absolute atomic E-state index is 0.266. The molecule has 1 aromatic heterocycles. The van der Waals surface area contributed by atoms with Crippen LogP contribution in [0.2, 0.25) is 0 Å². The molecule has 0 amide bonds. The van der Waals surface area contributed by atoms with E-state index in [1.807, 2.05) is 0 Å². The number of alkyl halides is 6. The van der Waals surface area contributed by atoms with Crippen molar-refractivity contribution in [2.45, 2.75) is 12.4 Å². The van der Waals surface area contributed by atoms with Crippen molar-refractivity contribution < 1.29 is 55.3 Å². The number of aromatic nitrogens is 2. The van der Waals surface area contributed by atoms with Crippen molar-refractivity contribution in [3.8, 4) is 0 Å². The lowest BCUT2D eigenvalue weighted by molar-refractivity contribution is -1.07. The maximum atomic E-state index is 12.9. The molecule has 3 rings (SSSR count). The molecule has 13 heteroatoms. The first kappa shape index (κ1) is 22.9. The molecule has 0 saturated heterocycles. The Labute approximate surface area is 174 Å². The van der Waals surface area contributed by atoms with E-state index < -0.39 is 46.4 Å². The number of benzene rings is 2. The largest absolute Gasteiger partial charge is 0.416 e. The van der Waals surface area contributed by atoms with Gasteiger partial charge >= 0.3 is 23.7 Å². The fourth-order valence-corrected chi connectivity index (χ4v) is 2.60. The predicted octanol–water partition coefficient (Wildman–Crippen LogP) is 3.45. The molecule has 0 bridgehead atoms. The average molecular weight is 461 g/mol. The van der Waals surface area contributed by atoms with Crippen molar-refractivity contribution in [2.75, 3.05) is 7.11 Å². The van der Waals surface area contributed by atoms with E-state index >= 15 is 0 Å². The second-order valence-electron chi connectivity index (χ2n) is 6.18. The molecule has 7 nitrogen and oxygen atoms in total. The Bertz CT molecular complexity index is 1140. The van der Waals surface area contributed by atoms with Crippen LogP contribution in [-0.2, 0) is 17.2 Å². The Hall–Kier alpha value is -3.74. The summed E-state index contributed by atoms with van der Waals surface area (Å²) in [6.45, 7) is 0. The molecule has 0 aliphatic carbocycles. The second kappa shape index (κ2) is 8.42. The summed E-state index contributed by atoms with van der Waals surface area (Å²) in [4.78, 5) is 34.9. The summed E-state index contributed by atoms with van der Waals surface area (Å²) in [7, 11) is 1.03. The Morgan fingerprint density at radius 2 is 1.25 bits per heavy atom. The zero-order valence-electron chi connectivity index (χ0n) is 15.8. The number of carbonyl (C=O) groups excluding carboxylic acids is 2. The van der Waals surface area contributed by atoms with Gasteiger partial charge in [-0.05, 0) is 28.9 Å². The van der Waals surface area contributed by atoms with Gasteiger partial charge in [0.15, 0.2) is 10.1 Å². The van der Waals surface area contributed by atoms with Crippen molar-refractivity contribution >= 4 is 11.6 Å². The van der Waals surface area contributed by atoms with Crippen LogP contribution in [0, 0.1) is 0 Å². The van der Waals surface area contributed by atoms with Crippen molar-refractivity contribution in [2.24, 2.45) is 0 Å². The van der Waals surface area contributed by atoms with Gasteiger partial charge in [0.2, 0.25) is 11.6 Å². The van der Waals surface area contributed by atoms with E-state index in [1.54, 1.807) is 0 Å². The molecule has 0 aliphatic rings. The Morgan fingerprint density at radius 1 is 0.812 bits per heavy atom. The van der Waals surface area contributed by atoms with Gasteiger partial charge < -0.3 is 0 Å². The molecule has 168 valence electrons. The number of hydrogen-bond acceptors (Lipinski definition) is 6. The van der Waals surface area contributed by atoms with E-state index in [0.717, 1.165) is 31.4 Å². The van der Waals surface area contributed by atoms with Gasteiger partial charge in [-0.1, -0.05) is 24.3 Å². The van der Waals surface area contributed by atoms with Gasteiger partial charge in [0.05, 0.1) is 18.2 Å². The maximum absolute atomic E-state index is 12.9. The normalized spacial score (nSPS) is 12.0. The number of nitrogens with zero attached hydrogens (tertiary/aromatic N) is 2. The van der Waals surface area contributed by atoms with E-state index in [9.17, 15) is 35.9 Å². The third-order valence-corrected chi connectivity index (χ3v) is 4.13. The van der Waals surface area contributed by atoms with E-state index in [1.165, 1.54) is 0 Å². The summed E-state index contributed by atoms with van der Waals surface area (Å²) >= 11 is 0. The predicted molar refractivity (Wildman–Crippen MR) is 90.0 cm³/mol. The van der Waals surface area contributed by atoms with Crippen LogP contribution in [0.5, 0.6) is 0 Å². The summed E-state index contributed by atoms with van der Waals surface area (Å²) in [5.74, 6) is -2.02. The molecule has 2 aromatic carbocycles. The molecule has 0 atom stereocenters. The topological polar surface area (TPSA) is 82.5 Å². The minimum atomic E-state index is -4.64. The number of carbonyl (C=O) groups is 2. The van der Waals surface area contributed by atoms with Crippen LogP contribution in [0.15, 0.2) is 53.2 Å². The van der Waals surface area contributed by atoms with Crippen molar-refractivity contribution in [3.05, 3.63) is 82.2 Å². The van der Waals surface area contributed by atoms with Crippen LogP contribution >= 0.6 is 0 Å². The highest BCUT2D eigenvalue weighted by Crippen LogP contribution is 2.30. The number of hydrogen-bond donors (Lipinski definition) is 0. The highest BCUT2D eigenvalue weighted by Gasteiger charge is 2.40. The lowest BCUT2D eigenvalue weighted by atomic mass is 10.0. The van der Waals surface area contributed by atoms with Crippen LogP contribution in [-0.4, -0.2) is 23.8 Å². The van der Waals surface area contributed by atoms with E-state index in [-0.39, 0.29) is 11.1 Å². The van der Waals surface area contributed by atoms with Crippen LogP contribution in [0.4, 0.5) is 26.3 Å². The summed E-state index contributed by atoms with van der Waals surface area (Å²) in [6, 6.07) is 6.08. The summed E-state index contributed by atoms with van der Waals surface area (Å²) in [5.41, 5.74) is -3.88. The van der Waals surface area contributed by atoms with Crippen molar-refractivity contribution in [3.63, 3.8) is 0 Å². The third kappa shape index (κ3) is 4.61. The summed E-state index contributed by atoms with van der Waals surface area (Å²) in [6.07, 6.45) is -9.27.